The number of hydrogen-bond acceptors (Lipinski definition) is 9. The second-order valence-corrected chi connectivity index (χ2v) is 12.3. The Kier molecular flexibility index (Phi) is 10.9. The standard InChI is InChI=1S/C32H39ClFN7O3/c1-21(17-44-18-30-37-16-27(34)31(42)41-30)39-23-7-5-22(6-8-23)13-24-14-25(26(33)15-36-24)28-3-2-4-29(40-28)38-20-32(19-35)9-11-43-12-10-32/h2-4,14-16,21-23,39H,5-13,17-18,20H2,1H3,(H,38,40)(H,37,41,42)/t21-,22?,23?/m0/s1. The van der Waals surface area contributed by atoms with Crippen molar-refractivity contribution in [3.05, 3.63) is 69.4 Å². The van der Waals surface area contributed by atoms with Gasteiger partial charge in [0.2, 0.25) is 5.82 Å². The predicted molar refractivity (Wildman–Crippen MR) is 166 cm³/mol. The van der Waals surface area contributed by atoms with E-state index in [1.54, 1.807) is 6.20 Å². The van der Waals surface area contributed by atoms with Crippen LogP contribution in [-0.4, -0.2) is 58.4 Å². The van der Waals surface area contributed by atoms with Gasteiger partial charge in [-0.2, -0.15) is 9.65 Å². The van der Waals surface area contributed by atoms with Crippen LogP contribution in [0.3, 0.4) is 0 Å². The van der Waals surface area contributed by atoms with E-state index in [0.29, 0.717) is 67.8 Å². The molecular formula is C32H39ClFN7O3. The largest absolute Gasteiger partial charge is 0.381 e. The van der Waals surface area contributed by atoms with Crippen molar-refractivity contribution in [1.82, 2.24) is 25.3 Å². The van der Waals surface area contributed by atoms with Crippen LogP contribution in [0.15, 0.2) is 41.5 Å². The fraction of sp³-hybridized carbons (Fsp3) is 0.531. The Balaban J connectivity index is 1.09. The van der Waals surface area contributed by atoms with Gasteiger partial charge in [-0.1, -0.05) is 17.7 Å². The zero-order chi connectivity index (χ0) is 30.9. The van der Waals surface area contributed by atoms with Crippen molar-refractivity contribution in [2.24, 2.45) is 11.3 Å². The quantitative estimate of drug-likeness (QED) is 0.253. The van der Waals surface area contributed by atoms with E-state index in [1.165, 1.54) is 0 Å². The summed E-state index contributed by atoms with van der Waals surface area (Å²) in [6.07, 6.45) is 9.23. The highest BCUT2D eigenvalue weighted by Gasteiger charge is 2.32. The molecule has 1 atom stereocenters. The van der Waals surface area contributed by atoms with E-state index in [-0.39, 0.29) is 12.6 Å². The molecule has 2 fully saturated rings. The molecule has 1 aliphatic carbocycles. The third-order valence-electron chi connectivity index (χ3n) is 8.51. The lowest BCUT2D eigenvalue weighted by Gasteiger charge is -2.31. The van der Waals surface area contributed by atoms with Gasteiger partial charge in [-0.3, -0.25) is 9.78 Å². The Hall–Kier alpha value is -3.43. The minimum absolute atomic E-state index is 0.123. The van der Waals surface area contributed by atoms with Crippen molar-refractivity contribution in [2.75, 3.05) is 31.7 Å². The maximum atomic E-state index is 13.1. The van der Waals surface area contributed by atoms with Gasteiger partial charge < -0.3 is 25.1 Å². The first-order valence-electron chi connectivity index (χ1n) is 15.2. The van der Waals surface area contributed by atoms with Gasteiger partial charge in [0.15, 0.2) is 0 Å². The topological polar surface area (TPSA) is 138 Å². The molecule has 0 spiro atoms. The molecule has 1 aliphatic heterocycles. The first kappa shape index (κ1) is 32.0. The fourth-order valence-corrected chi connectivity index (χ4v) is 6.12. The number of aromatic nitrogens is 4. The molecule has 0 radical (unpaired) electrons. The Bertz CT molecular complexity index is 1500. The number of hydrogen-bond donors (Lipinski definition) is 3. The number of ether oxygens (including phenoxy) is 2. The van der Waals surface area contributed by atoms with Gasteiger partial charge in [0.25, 0.3) is 5.56 Å². The predicted octanol–water partition coefficient (Wildman–Crippen LogP) is 5.05. The number of aromatic amines is 1. The zero-order valence-electron chi connectivity index (χ0n) is 25.0. The van der Waals surface area contributed by atoms with Crippen molar-refractivity contribution in [2.45, 2.75) is 70.6 Å². The van der Waals surface area contributed by atoms with Gasteiger partial charge in [0.05, 0.1) is 35.0 Å². The zero-order valence-corrected chi connectivity index (χ0v) is 25.7. The highest BCUT2D eigenvalue weighted by molar-refractivity contribution is 6.33. The number of pyridine rings is 2. The second-order valence-electron chi connectivity index (χ2n) is 11.9. The van der Waals surface area contributed by atoms with Crippen LogP contribution in [0.1, 0.15) is 57.0 Å². The maximum absolute atomic E-state index is 13.1. The van der Waals surface area contributed by atoms with Crippen LogP contribution in [-0.2, 0) is 22.5 Å². The van der Waals surface area contributed by atoms with Crippen LogP contribution in [0.25, 0.3) is 11.3 Å². The van der Waals surface area contributed by atoms with Crippen molar-refractivity contribution >= 4 is 17.4 Å². The van der Waals surface area contributed by atoms with Crippen LogP contribution in [0, 0.1) is 28.5 Å². The van der Waals surface area contributed by atoms with Crippen molar-refractivity contribution < 1.29 is 13.9 Å². The number of rotatable bonds is 12. The summed E-state index contributed by atoms with van der Waals surface area (Å²) in [5.74, 6) is 0.650. The highest BCUT2D eigenvalue weighted by atomic mass is 35.5. The van der Waals surface area contributed by atoms with E-state index in [9.17, 15) is 14.4 Å². The van der Waals surface area contributed by atoms with Crippen LogP contribution in [0.5, 0.6) is 0 Å². The molecule has 3 aromatic rings. The van der Waals surface area contributed by atoms with Gasteiger partial charge in [-0.25, -0.2) is 9.97 Å². The van der Waals surface area contributed by atoms with Crippen LogP contribution >= 0.6 is 11.6 Å². The third kappa shape index (κ3) is 8.60. The first-order chi connectivity index (χ1) is 21.3. The van der Waals surface area contributed by atoms with Gasteiger partial charge >= 0.3 is 0 Å². The summed E-state index contributed by atoms with van der Waals surface area (Å²) >= 11 is 6.59. The normalized spacial score (nSPS) is 20.5. The monoisotopic (exact) mass is 623 g/mol. The minimum atomic E-state index is -0.904. The van der Waals surface area contributed by atoms with Gasteiger partial charge in [0.1, 0.15) is 18.2 Å². The molecule has 0 amide bonds. The van der Waals surface area contributed by atoms with Gasteiger partial charge in [-0.15, -0.1) is 0 Å². The second kappa shape index (κ2) is 15.0. The number of nitriles is 1. The van der Waals surface area contributed by atoms with E-state index < -0.39 is 16.8 Å². The summed E-state index contributed by atoms with van der Waals surface area (Å²) < 4.78 is 24.2. The molecule has 2 aliphatic rings. The van der Waals surface area contributed by atoms with Crippen LogP contribution in [0.2, 0.25) is 5.02 Å². The molecule has 1 saturated heterocycles. The van der Waals surface area contributed by atoms with Gasteiger partial charge in [-0.05, 0) is 76.0 Å². The molecule has 3 aromatic heterocycles. The van der Waals surface area contributed by atoms with Crippen molar-refractivity contribution in [3.8, 4) is 17.3 Å². The van der Waals surface area contributed by atoms with E-state index in [2.05, 4.69) is 44.6 Å². The summed E-state index contributed by atoms with van der Waals surface area (Å²) in [7, 11) is 0. The van der Waals surface area contributed by atoms with E-state index >= 15 is 0 Å². The lowest BCUT2D eigenvalue weighted by atomic mass is 9.82. The number of nitrogens with zero attached hydrogens (tertiary/aromatic N) is 4. The van der Waals surface area contributed by atoms with E-state index in [4.69, 9.17) is 26.1 Å². The number of H-pyrrole nitrogens is 1. The van der Waals surface area contributed by atoms with E-state index in [1.807, 2.05) is 18.2 Å². The fourth-order valence-electron chi connectivity index (χ4n) is 5.92. The summed E-state index contributed by atoms with van der Waals surface area (Å²) in [4.78, 5) is 27.0. The van der Waals surface area contributed by atoms with Crippen LogP contribution < -0.4 is 16.2 Å². The Morgan fingerprint density at radius 2 is 2.02 bits per heavy atom. The third-order valence-corrected chi connectivity index (χ3v) is 8.81. The lowest BCUT2D eigenvalue weighted by Crippen LogP contribution is -2.41. The molecular weight excluding hydrogens is 585 g/mol. The smallest absolute Gasteiger partial charge is 0.287 e. The number of halogens is 2. The summed E-state index contributed by atoms with van der Waals surface area (Å²) in [6.45, 7) is 4.38. The molecule has 5 rings (SSSR count). The molecule has 4 heterocycles. The van der Waals surface area contributed by atoms with Crippen molar-refractivity contribution in [3.63, 3.8) is 0 Å². The molecule has 44 heavy (non-hydrogen) atoms. The number of nitrogens with one attached hydrogen (secondary N) is 3. The molecule has 0 aromatic carbocycles. The Morgan fingerprint density at radius 3 is 2.77 bits per heavy atom. The molecule has 0 unspecified atom stereocenters. The van der Waals surface area contributed by atoms with Crippen LogP contribution in [0.4, 0.5) is 10.2 Å². The van der Waals surface area contributed by atoms with Gasteiger partial charge in [0, 0.05) is 49.3 Å². The highest BCUT2D eigenvalue weighted by Crippen LogP contribution is 2.33. The maximum Gasteiger partial charge on any atom is 0.287 e. The summed E-state index contributed by atoms with van der Waals surface area (Å²) in [5.41, 5.74) is 1.39. The Morgan fingerprint density at radius 1 is 1.23 bits per heavy atom. The molecule has 1 saturated carbocycles. The molecule has 0 bridgehead atoms. The average molecular weight is 624 g/mol. The minimum Gasteiger partial charge on any atom is -0.381 e. The summed E-state index contributed by atoms with van der Waals surface area (Å²) in [6, 6.07) is 10.9. The van der Waals surface area contributed by atoms with E-state index in [0.717, 1.165) is 55.3 Å². The lowest BCUT2D eigenvalue weighted by molar-refractivity contribution is 0.0455. The molecule has 234 valence electrons. The SMILES string of the molecule is C[C@@H](COCc1ncc(F)c(=O)[nH]1)NC1CCC(Cc2cc(-c3cccc(NCC4(C#N)CCOCC4)n3)c(Cl)cn2)CC1. The molecule has 3 N–H and O–H groups in total. The number of anilines is 1. The average Bonchev–Trinajstić information content (AvgIpc) is 3.04. The first-order valence-corrected chi connectivity index (χ1v) is 15.6. The summed E-state index contributed by atoms with van der Waals surface area (Å²) in [5, 5.41) is 17.3. The molecule has 12 heteroatoms. The molecule has 10 nitrogen and oxygen atoms in total. The van der Waals surface area contributed by atoms with Crippen molar-refractivity contribution in [1.29, 1.82) is 5.26 Å². The Labute approximate surface area is 261 Å².